The summed E-state index contributed by atoms with van der Waals surface area (Å²) < 4.78 is 11.4. The van der Waals surface area contributed by atoms with Crippen molar-refractivity contribution in [1.82, 2.24) is 14.9 Å². The van der Waals surface area contributed by atoms with Crippen molar-refractivity contribution in [2.24, 2.45) is 0 Å². The van der Waals surface area contributed by atoms with Gasteiger partial charge in [-0.05, 0) is 25.5 Å². The fourth-order valence-electron chi connectivity index (χ4n) is 3.17. The van der Waals surface area contributed by atoms with Gasteiger partial charge in [0.2, 0.25) is 0 Å². The van der Waals surface area contributed by atoms with Gasteiger partial charge in [-0.3, -0.25) is 14.7 Å². The van der Waals surface area contributed by atoms with Crippen molar-refractivity contribution >= 4 is 17.8 Å². The Morgan fingerprint density at radius 2 is 2.00 bits per heavy atom. The summed E-state index contributed by atoms with van der Waals surface area (Å²) in [5, 5.41) is 25.0. The van der Waals surface area contributed by atoms with Crippen LogP contribution in [0.4, 0.5) is 10.6 Å². The molecule has 1 aliphatic heterocycles. The molecule has 1 aliphatic rings. The van der Waals surface area contributed by atoms with E-state index in [4.69, 9.17) is 15.9 Å². The van der Waals surface area contributed by atoms with Gasteiger partial charge in [-0.25, -0.2) is 9.59 Å². The molecule has 2 aromatic rings. The molecule has 0 radical (unpaired) electrons. The van der Waals surface area contributed by atoms with Crippen LogP contribution >= 0.6 is 0 Å². The van der Waals surface area contributed by atoms with E-state index < -0.39 is 36.3 Å². The fraction of sp³-hybridized carbons (Fsp3) is 0.364. The van der Waals surface area contributed by atoms with E-state index in [0.29, 0.717) is 18.5 Å². The molecule has 11 heteroatoms. The number of aromatic nitrogens is 2. The molecule has 1 saturated heterocycles. The lowest BCUT2D eigenvalue weighted by Crippen LogP contribution is -2.36. The Bertz CT molecular complexity index is 1100. The van der Waals surface area contributed by atoms with E-state index in [0.717, 1.165) is 4.57 Å². The number of hydrogen-bond acceptors (Lipinski definition) is 8. The number of nitrogens with zero attached hydrogens (tertiary/aromatic N) is 2. The first kappa shape index (κ1) is 23.9. The average molecular weight is 456 g/mol. The number of carbonyl (C=O) groups is 2. The molecule has 3 rings (SSSR count). The highest BCUT2D eigenvalue weighted by Gasteiger charge is 2.42. The van der Waals surface area contributed by atoms with Crippen LogP contribution in [0.3, 0.4) is 0 Å². The van der Waals surface area contributed by atoms with Crippen molar-refractivity contribution in [2.75, 3.05) is 18.5 Å². The molecule has 0 unspecified atom stereocenters. The number of terminal acetylenes is 1. The molecule has 2 heterocycles. The van der Waals surface area contributed by atoms with Crippen molar-refractivity contribution in [2.45, 2.75) is 37.9 Å². The van der Waals surface area contributed by atoms with Crippen LogP contribution in [0.2, 0.25) is 0 Å². The summed E-state index contributed by atoms with van der Waals surface area (Å²) in [6.45, 7) is 1.84. The van der Waals surface area contributed by atoms with Gasteiger partial charge >= 0.3 is 11.8 Å². The van der Waals surface area contributed by atoms with Gasteiger partial charge in [0.25, 0.3) is 5.91 Å². The van der Waals surface area contributed by atoms with E-state index in [1.54, 1.807) is 31.2 Å². The maximum atomic E-state index is 12.4. The number of hydrogen-bond donors (Lipinski definition) is 4. The molecule has 4 atom stereocenters. The van der Waals surface area contributed by atoms with Crippen LogP contribution in [0.5, 0.6) is 0 Å². The summed E-state index contributed by atoms with van der Waals surface area (Å²) in [6.07, 6.45) is 1.74. The minimum Gasteiger partial charge on any atom is -0.449 e. The average Bonchev–Trinajstić information content (AvgIpc) is 3.06. The van der Waals surface area contributed by atoms with Crippen LogP contribution < -0.4 is 16.3 Å². The second-order valence-corrected chi connectivity index (χ2v) is 7.29. The lowest BCUT2D eigenvalue weighted by molar-refractivity contribution is -0.0350. The molecule has 0 saturated carbocycles. The largest absolute Gasteiger partial charge is 0.449 e. The summed E-state index contributed by atoms with van der Waals surface area (Å²) in [5.74, 6) is 1.87. The molecule has 0 aliphatic carbocycles. The molecule has 4 N–H and O–H groups in total. The molecule has 11 nitrogen and oxygen atoms in total. The quantitative estimate of drug-likeness (QED) is 0.341. The molecule has 1 aromatic carbocycles. The third-order valence-corrected chi connectivity index (χ3v) is 4.95. The van der Waals surface area contributed by atoms with Gasteiger partial charge in [-0.2, -0.15) is 4.98 Å². The smallest absolute Gasteiger partial charge is 0.412 e. The van der Waals surface area contributed by atoms with Crippen LogP contribution in [0.25, 0.3) is 0 Å². The van der Waals surface area contributed by atoms with Gasteiger partial charge in [-0.1, -0.05) is 24.1 Å². The number of ether oxygens (including phenoxy) is 2. The predicted octanol–water partition coefficient (Wildman–Crippen LogP) is 0.232. The topological polar surface area (TPSA) is 152 Å². The summed E-state index contributed by atoms with van der Waals surface area (Å²) in [7, 11) is 0. The van der Waals surface area contributed by atoms with Gasteiger partial charge in [0.05, 0.1) is 18.3 Å². The van der Waals surface area contributed by atoms with Crippen LogP contribution in [0.15, 0.2) is 41.3 Å². The second kappa shape index (κ2) is 10.7. The van der Waals surface area contributed by atoms with E-state index in [1.807, 2.05) is 6.07 Å². The number of rotatable bonds is 7. The zero-order valence-electron chi connectivity index (χ0n) is 17.8. The van der Waals surface area contributed by atoms with Gasteiger partial charge in [0.15, 0.2) is 12.0 Å². The molecule has 1 fully saturated rings. The summed E-state index contributed by atoms with van der Waals surface area (Å²) in [4.78, 5) is 40.1. The van der Waals surface area contributed by atoms with Crippen LogP contribution in [0.1, 0.15) is 35.5 Å². The fourth-order valence-corrected chi connectivity index (χ4v) is 3.17. The molecule has 174 valence electrons. The van der Waals surface area contributed by atoms with Crippen molar-refractivity contribution < 1.29 is 29.3 Å². The number of aliphatic hydroxyl groups is 2. The van der Waals surface area contributed by atoms with Crippen molar-refractivity contribution in [3.63, 3.8) is 0 Å². The summed E-state index contributed by atoms with van der Waals surface area (Å²) in [6, 6.07) is 8.69. The molecule has 33 heavy (non-hydrogen) atoms. The predicted molar refractivity (Wildman–Crippen MR) is 116 cm³/mol. The molecular weight excluding hydrogens is 432 g/mol. The number of nitrogens with one attached hydrogen (secondary N) is 2. The second-order valence-electron chi connectivity index (χ2n) is 7.29. The van der Waals surface area contributed by atoms with Crippen LogP contribution in [-0.4, -0.2) is 63.2 Å². The Morgan fingerprint density at radius 1 is 1.27 bits per heavy atom. The van der Waals surface area contributed by atoms with Gasteiger partial charge in [0.1, 0.15) is 12.2 Å². The standard InChI is InChI=1S/C22H24N4O7/c1-3-14-12-26(20-17(28)16(27)13(2)33-20)21(30)24-18(14)25-22(31)32-11-7-10-23-19(29)15-8-5-4-6-9-15/h1,4-6,8-9,12-13,16-17,20,27-28H,7,10-11H2,2H3,(H,23,29)(H,24,25,30,31)/t13-,16-,17-,20-/m1/s1. The van der Waals surface area contributed by atoms with E-state index in [-0.39, 0.29) is 23.9 Å². The molecule has 1 aromatic heterocycles. The molecule has 0 spiro atoms. The van der Waals surface area contributed by atoms with Crippen LogP contribution in [-0.2, 0) is 9.47 Å². The Kier molecular flexibility index (Phi) is 7.78. The van der Waals surface area contributed by atoms with Gasteiger partial charge in [0, 0.05) is 18.3 Å². The highest BCUT2D eigenvalue weighted by atomic mass is 16.6. The monoisotopic (exact) mass is 456 g/mol. The highest BCUT2D eigenvalue weighted by Crippen LogP contribution is 2.28. The lowest BCUT2D eigenvalue weighted by Gasteiger charge is -2.18. The Labute approximate surface area is 189 Å². The molecule has 0 bridgehead atoms. The molecule has 2 amide bonds. The number of aliphatic hydroxyl groups excluding tert-OH is 2. The minimum absolute atomic E-state index is 0.00123. The maximum absolute atomic E-state index is 12.4. The number of amides is 2. The van der Waals surface area contributed by atoms with Crippen molar-refractivity contribution in [1.29, 1.82) is 0 Å². The Morgan fingerprint density at radius 3 is 2.64 bits per heavy atom. The summed E-state index contributed by atoms with van der Waals surface area (Å²) >= 11 is 0. The van der Waals surface area contributed by atoms with E-state index in [9.17, 15) is 24.6 Å². The van der Waals surface area contributed by atoms with Crippen molar-refractivity contribution in [3.8, 4) is 12.3 Å². The first-order valence-corrected chi connectivity index (χ1v) is 10.2. The van der Waals surface area contributed by atoms with Crippen LogP contribution in [0, 0.1) is 12.3 Å². The van der Waals surface area contributed by atoms with E-state index in [2.05, 4.69) is 21.5 Å². The first-order valence-electron chi connectivity index (χ1n) is 10.2. The maximum Gasteiger partial charge on any atom is 0.412 e. The third kappa shape index (κ3) is 5.75. The lowest BCUT2D eigenvalue weighted by atomic mass is 10.1. The van der Waals surface area contributed by atoms with E-state index in [1.165, 1.54) is 6.20 Å². The number of anilines is 1. The number of benzene rings is 1. The molecular formula is C22H24N4O7. The Hall–Kier alpha value is -3.72. The first-order chi connectivity index (χ1) is 15.8. The highest BCUT2D eigenvalue weighted by molar-refractivity contribution is 5.94. The SMILES string of the molecule is C#Cc1cn([C@@H]2O[C@H](C)[C@@H](O)[C@H]2O)c(=O)nc1NC(=O)OCCCNC(=O)c1ccccc1. The number of carbonyl (C=O) groups excluding carboxylic acids is 2. The minimum atomic E-state index is -1.35. The van der Waals surface area contributed by atoms with Gasteiger partial charge in [-0.15, -0.1) is 6.42 Å². The van der Waals surface area contributed by atoms with Gasteiger partial charge < -0.3 is 25.0 Å². The zero-order chi connectivity index (χ0) is 24.0. The van der Waals surface area contributed by atoms with E-state index >= 15 is 0 Å². The van der Waals surface area contributed by atoms with Crippen molar-refractivity contribution in [3.05, 3.63) is 58.1 Å². The zero-order valence-corrected chi connectivity index (χ0v) is 17.8. The summed E-state index contributed by atoms with van der Waals surface area (Å²) in [5.41, 5.74) is -0.275. The Balaban J connectivity index is 1.52. The third-order valence-electron chi connectivity index (χ3n) is 4.95. The normalized spacial score (nSPS) is 21.8.